The number of nitrogens with one attached hydrogen (secondary N) is 3. The first-order valence-corrected chi connectivity index (χ1v) is 9.95. The van der Waals surface area contributed by atoms with Gasteiger partial charge in [0.1, 0.15) is 6.04 Å². The van der Waals surface area contributed by atoms with Crippen molar-refractivity contribution in [1.29, 1.82) is 0 Å². The van der Waals surface area contributed by atoms with E-state index in [0.717, 1.165) is 17.7 Å². The molecule has 158 valence electrons. The fourth-order valence-corrected chi connectivity index (χ4v) is 3.46. The Labute approximate surface area is 174 Å². The Balaban J connectivity index is 1.65. The molecule has 1 aromatic carbocycles. The molecule has 0 saturated heterocycles. The molecular weight excluding hydrogens is 386 g/mol. The zero-order chi connectivity index (χ0) is 21.5. The second-order valence-corrected chi connectivity index (χ2v) is 7.21. The molecule has 0 bridgehead atoms. The standard InChI is InChI=1S/C21H25N5O4/c1-2-6-17(27)25-20-22-12-14-11-15(9-10-16(14)24-20)23-19(28)18(26-21(29)30)13-7-4-3-5-8-13/h3-5,7-8,12,15,18,26H,2,6,9-11H2,1H3,(H,23,28)(H,29,30)(H,22,24,25,27). The molecule has 2 aromatic rings. The van der Waals surface area contributed by atoms with E-state index in [4.69, 9.17) is 5.11 Å². The summed E-state index contributed by atoms with van der Waals surface area (Å²) in [5.41, 5.74) is 2.33. The second kappa shape index (κ2) is 9.82. The number of carbonyl (C=O) groups excluding carboxylic acids is 2. The van der Waals surface area contributed by atoms with E-state index in [1.54, 1.807) is 36.5 Å². The Hall–Kier alpha value is -3.49. The first kappa shape index (κ1) is 21.2. The number of amides is 3. The molecule has 4 N–H and O–H groups in total. The van der Waals surface area contributed by atoms with E-state index in [9.17, 15) is 14.4 Å². The number of fused-ring (bicyclic) bond motifs is 1. The molecule has 2 unspecified atom stereocenters. The van der Waals surface area contributed by atoms with Crippen molar-refractivity contribution in [2.24, 2.45) is 0 Å². The van der Waals surface area contributed by atoms with Crippen LogP contribution >= 0.6 is 0 Å². The van der Waals surface area contributed by atoms with Crippen molar-refractivity contribution in [2.45, 2.75) is 51.1 Å². The number of rotatable bonds is 7. The molecule has 1 aromatic heterocycles. The van der Waals surface area contributed by atoms with Crippen LogP contribution in [0.2, 0.25) is 0 Å². The molecule has 9 heteroatoms. The van der Waals surface area contributed by atoms with Gasteiger partial charge in [0.2, 0.25) is 17.8 Å². The summed E-state index contributed by atoms with van der Waals surface area (Å²) in [6.45, 7) is 1.93. The Bertz CT molecular complexity index is 919. The Morgan fingerprint density at radius 2 is 2.00 bits per heavy atom. The summed E-state index contributed by atoms with van der Waals surface area (Å²) in [6.07, 6.45) is 3.40. The fraction of sp³-hybridized carbons (Fsp3) is 0.381. The van der Waals surface area contributed by atoms with Gasteiger partial charge in [0, 0.05) is 24.4 Å². The molecule has 0 saturated carbocycles. The van der Waals surface area contributed by atoms with Crippen LogP contribution in [0, 0.1) is 0 Å². The lowest BCUT2D eigenvalue weighted by molar-refractivity contribution is -0.124. The molecule has 2 atom stereocenters. The molecule has 0 aliphatic heterocycles. The monoisotopic (exact) mass is 411 g/mol. The maximum absolute atomic E-state index is 12.8. The number of hydrogen-bond acceptors (Lipinski definition) is 5. The van der Waals surface area contributed by atoms with E-state index >= 15 is 0 Å². The van der Waals surface area contributed by atoms with Crippen LogP contribution in [0.4, 0.5) is 10.7 Å². The fourth-order valence-electron chi connectivity index (χ4n) is 3.46. The number of aromatic nitrogens is 2. The lowest BCUT2D eigenvalue weighted by Gasteiger charge is -2.27. The third kappa shape index (κ3) is 5.53. The van der Waals surface area contributed by atoms with Crippen LogP contribution in [0.1, 0.15) is 49.0 Å². The van der Waals surface area contributed by atoms with Gasteiger partial charge in [0.05, 0.1) is 0 Å². The van der Waals surface area contributed by atoms with Crippen molar-refractivity contribution in [1.82, 2.24) is 20.6 Å². The quantitative estimate of drug-likeness (QED) is 0.552. The van der Waals surface area contributed by atoms with E-state index in [1.807, 2.05) is 6.92 Å². The van der Waals surface area contributed by atoms with Gasteiger partial charge in [0.25, 0.3) is 0 Å². The molecular formula is C21H25N5O4. The Morgan fingerprint density at radius 1 is 1.23 bits per heavy atom. The minimum absolute atomic E-state index is 0.115. The van der Waals surface area contributed by atoms with Gasteiger partial charge in [-0.25, -0.2) is 14.8 Å². The second-order valence-electron chi connectivity index (χ2n) is 7.21. The highest BCUT2D eigenvalue weighted by molar-refractivity contribution is 5.89. The maximum atomic E-state index is 12.8. The Kier molecular flexibility index (Phi) is 6.95. The number of hydrogen-bond donors (Lipinski definition) is 4. The van der Waals surface area contributed by atoms with Crippen LogP contribution in [0.3, 0.4) is 0 Å². The average molecular weight is 411 g/mol. The van der Waals surface area contributed by atoms with Crippen molar-refractivity contribution in [3.8, 4) is 0 Å². The molecule has 0 radical (unpaired) electrons. The molecule has 1 aliphatic carbocycles. The van der Waals surface area contributed by atoms with E-state index in [-0.39, 0.29) is 11.9 Å². The molecule has 1 heterocycles. The smallest absolute Gasteiger partial charge is 0.405 e. The third-order valence-electron chi connectivity index (χ3n) is 4.89. The highest BCUT2D eigenvalue weighted by atomic mass is 16.4. The lowest BCUT2D eigenvalue weighted by atomic mass is 9.92. The van der Waals surface area contributed by atoms with E-state index in [1.165, 1.54) is 0 Å². The molecule has 30 heavy (non-hydrogen) atoms. The van der Waals surface area contributed by atoms with Gasteiger partial charge in [-0.05, 0) is 36.8 Å². The Morgan fingerprint density at radius 3 is 2.70 bits per heavy atom. The van der Waals surface area contributed by atoms with Gasteiger partial charge in [0.15, 0.2) is 0 Å². The highest BCUT2D eigenvalue weighted by Crippen LogP contribution is 2.21. The molecule has 3 amide bonds. The summed E-state index contributed by atoms with van der Waals surface area (Å²) in [4.78, 5) is 44.3. The number of carboxylic acid groups (broad SMARTS) is 1. The zero-order valence-electron chi connectivity index (χ0n) is 16.7. The van der Waals surface area contributed by atoms with Gasteiger partial charge >= 0.3 is 6.09 Å². The minimum Gasteiger partial charge on any atom is -0.465 e. The normalized spacial score (nSPS) is 16.1. The first-order chi connectivity index (χ1) is 14.5. The first-order valence-electron chi connectivity index (χ1n) is 9.95. The summed E-state index contributed by atoms with van der Waals surface area (Å²) in [5.74, 6) is -0.220. The van der Waals surface area contributed by atoms with E-state index in [0.29, 0.717) is 37.2 Å². The predicted molar refractivity (Wildman–Crippen MR) is 110 cm³/mol. The van der Waals surface area contributed by atoms with Crippen LogP contribution in [-0.2, 0) is 22.4 Å². The van der Waals surface area contributed by atoms with Crippen molar-refractivity contribution < 1.29 is 19.5 Å². The zero-order valence-corrected chi connectivity index (χ0v) is 16.7. The summed E-state index contributed by atoms with van der Waals surface area (Å²) < 4.78 is 0. The number of aryl methyl sites for hydroxylation is 1. The van der Waals surface area contributed by atoms with Gasteiger partial charge in [-0.2, -0.15) is 0 Å². The van der Waals surface area contributed by atoms with Crippen LogP contribution in [-0.4, -0.2) is 39.0 Å². The summed E-state index contributed by atoms with van der Waals surface area (Å²) in [7, 11) is 0. The number of carbonyl (C=O) groups is 3. The molecule has 1 aliphatic rings. The van der Waals surface area contributed by atoms with Crippen molar-refractivity contribution >= 4 is 23.9 Å². The van der Waals surface area contributed by atoms with Gasteiger partial charge in [-0.3, -0.25) is 14.9 Å². The van der Waals surface area contributed by atoms with Crippen LogP contribution in [0.5, 0.6) is 0 Å². The van der Waals surface area contributed by atoms with Crippen LogP contribution in [0.15, 0.2) is 36.5 Å². The van der Waals surface area contributed by atoms with Gasteiger partial charge in [-0.15, -0.1) is 0 Å². The number of anilines is 1. The molecule has 3 rings (SSSR count). The van der Waals surface area contributed by atoms with E-state index in [2.05, 4.69) is 25.9 Å². The highest BCUT2D eigenvalue weighted by Gasteiger charge is 2.27. The summed E-state index contributed by atoms with van der Waals surface area (Å²) >= 11 is 0. The van der Waals surface area contributed by atoms with E-state index < -0.39 is 18.0 Å². The topological polar surface area (TPSA) is 133 Å². The van der Waals surface area contributed by atoms with Crippen molar-refractivity contribution in [3.63, 3.8) is 0 Å². The van der Waals surface area contributed by atoms with Gasteiger partial charge in [-0.1, -0.05) is 37.3 Å². The van der Waals surface area contributed by atoms with Crippen LogP contribution in [0.25, 0.3) is 0 Å². The van der Waals surface area contributed by atoms with Gasteiger partial charge < -0.3 is 15.7 Å². The summed E-state index contributed by atoms with van der Waals surface area (Å²) in [5, 5.41) is 17.0. The molecule has 0 fully saturated rings. The SMILES string of the molecule is CCCC(=O)Nc1ncc2c(n1)CCC(NC(=O)C(NC(=O)O)c1ccccc1)C2. The summed E-state index contributed by atoms with van der Waals surface area (Å²) in [6, 6.07) is 7.58. The lowest BCUT2D eigenvalue weighted by Crippen LogP contribution is -2.46. The predicted octanol–water partition coefficient (Wildman–Crippen LogP) is 2.20. The van der Waals surface area contributed by atoms with Crippen molar-refractivity contribution in [3.05, 3.63) is 53.3 Å². The minimum atomic E-state index is -1.26. The number of nitrogens with zero attached hydrogens (tertiary/aromatic N) is 2. The van der Waals surface area contributed by atoms with Crippen LogP contribution < -0.4 is 16.0 Å². The third-order valence-corrected chi connectivity index (χ3v) is 4.89. The number of benzene rings is 1. The average Bonchev–Trinajstić information content (AvgIpc) is 2.72. The molecule has 0 spiro atoms. The van der Waals surface area contributed by atoms with Crippen molar-refractivity contribution in [2.75, 3.05) is 5.32 Å². The molecule has 9 nitrogen and oxygen atoms in total. The maximum Gasteiger partial charge on any atom is 0.405 e. The largest absolute Gasteiger partial charge is 0.465 e.